The number of benzene rings is 8. The molecule has 0 amide bonds. The summed E-state index contributed by atoms with van der Waals surface area (Å²) in [6, 6.07) is 65.6. The highest BCUT2D eigenvalue weighted by atomic mass is 16.3. The predicted molar refractivity (Wildman–Crippen MR) is 204 cm³/mol. The molecule has 0 saturated carbocycles. The van der Waals surface area contributed by atoms with Crippen molar-refractivity contribution >= 4 is 66.8 Å². The van der Waals surface area contributed by atoms with Crippen molar-refractivity contribution in [1.82, 2.24) is 4.98 Å². The Morgan fingerprint density at radius 3 is 1.76 bits per heavy atom. The maximum absolute atomic E-state index is 6.75. The van der Waals surface area contributed by atoms with Crippen LogP contribution in [0.2, 0.25) is 0 Å². The van der Waals surface area contributed by atoms with E-state index in [0.717, 1.165) is 56.0 Å². The van der Waals surface area contributed by atoms with Crippen LogP contribution in [0.15, 0.2) is 192 Å². The maximum Gasteiger partial charge on any atom is 0.227 e. The monoisotopic (exact) mass is 629 g/mol. The van der Waals surface area contributed by atoms with Crippen LogP contribution in [0.25, 0.3) is 44.1 Å². The lowest BCUT2D eigenvalue weighted by molar-refractivity contribution is 0.620. The fraction of sp³-hybridized carbons (Fsp3) is 0. The summed E-state index contributed by atoms with van der Waals surface area (Å²) < 4.78 is 6.75. The number of oxazole rings is 1. The Morgan fingerprint density at radius 2 is 1.00 bits per heavy atom. The number of para-hydroxylation sites is 2. The third-order valence-corrected chi connectivity index (χ3v) is 9.00. The molecule has 0 N–H and O–H groups in total. The zero-order valence-corrected chi connectivity index (χ0v) is 26.6. The Kier molecular flexibility index (Phi) is 7.10. The van der Waals surface area contributed by atoms with E-state index in [1.807, 2.05) is 30.3 Å². The Hall–Kier alpha value is -6.65. The number of nitrogens with zero attached hydrogens (tertiary/aromatic N) is 3. The number of hydrogen-bond donors (Lipinski definition) is 0. The molecule has 1 heterocycles. The van der Waals surface area contributed by atoms with Crippen LogP contribution in [0.3, 0.4) is 0 Å². The van der Waals surface area contributed by atoms with Crippen molar-refractivity contribution < 1.29 is 4.42 Å². The highest BCUT2D eigenvalue weighted by Crippen LogP contribution is 2.47. The first-order valence-electron chi connectivity index (χ1n) is 16.5. The smallest absolute Gasteiger partial charge is 0.227 e. The van der Waals surface area contributed by atoms with Crippen LogP contribution in [0.1, 0.15) is 0 Å². The van der Waals surface area contributed by atoms with Gasteiger partial charge in [-0.15, -0.1) is 0 Å². The fourth-order valence-corrected chi connectivity index (χ4v) is 6.73. The van der Waals surface area contributed by atoms with Crippen molar-refractivity contribution in [2.45, 2.75) is 0 Å². The number of hydrogen-bond acceptors (Lipinski definition) is 4. The zero-order chi connectivity index (χ0) is 32.6. The second kappa shape index (κ2) is 12.2. The summed E-state index contributed by atoms with van der Waals surface area (Å²) in [5.74, 6) is 0.580. The largest absolute Gasteiger partial charge is 0.434 e. The van der Waals surface area contributed by atoms with E-state index in [4.69, 9.17) is 9.40 Å². The molecule has 0 bridgehead atoms. The van der Waals surface area contributed by atoms with E-state index < -0.39 is 0 Å². The molecule has 0 saturated heterocycles. The highest BCUT2D eigenvalue weighted by molar-refractivity contribution is 6.04. The molecule has 0 aliphatic rings. The molecule has 4 heteroatoms. The van der Waals surface area contributed by atoms with E-state index in [9.17, 15) is 0 Å². The number of fused-ring (bicyclic) bond motifs is 3. The van der Waals surface area contributed by atoms with Crippen molar-refractivity contribution in [3.8, 4) is 11.5 Å². The second-order valence-electron chi connectivity index (χ2n) is 12.1. The van der Waals surface area contributed by atoms with Crippen molar-refractivity contribution in [3.63, 3.8) is 0 Å². The Bertz CT molecular complexity index is 2560. The zero-order valence-electron chi connectivity index (χ0n) is 26.6. The van der Waals surface area contributed by atoms with Crippen LogP contribution in [-0.4, -0.2) is 4.98 Å². The molecule has 232 valence electrons. The summed E-state index contributed by atoms with van der Waals surface area (Å²) in [5.41, 5.74) is 8.45. The first-order chi connectivity index (χ1) is 24.3. The SMILES string of the molecule is c1ccc(-c2nc3cc(N(c4ccccc4)c4ccc5ccccc5c4)cc(N(c4ccccc4)c4cccc5ccccc45)c3o2)cc1. The molecule has 0 radical (unpaired) electrons. The van der Waals surface area contributed by atoms with Gasteiger partial charge in [-0.2, -0.15) is 0 Å². The lowest BCUT2D eigenvalue weighted by Crippen LogP contribution is -2.14. The summed E-state index contributed by atoms with van der Waals surface area (Å²) >= 11 is 0. The molecular weight excluding hydrogens is 599 g/mol. The van der Waals surface area contributed by atoms with Gasteiger partial charge in [-0.25, -0.2) is 4.98 Å². The first-order valence-corrected chi connectivity index (χ1v) is 16.5. The second-order valence-corrected chi connectivity index (χ2v) is 12.1. The maximum atomic E-state index is 6.75. The third kappa shape index (κ3) is 5.26. The van der Waals surface area contributed by atoms with Gasteiger partial charge in [0.1, 0.15) is 5.52 Å². The van der Waals surface area contributed by atoms with Gasteiger partial charge in [-0.05, 0) is 82.9 Å². The summed E-state index contributed by atoms with van der Waals surface area (Å²) in [7, 11) is 0. The average Bonchev–Trinajstić information content (AvgIpc) is 3.61. The topological polar surface area (TPSA) is 32.5 Å². The molecule has 9 aromatic rings. The molecule has 0 spiro atoms. The summed E-state index contributed by atoms with van der Waals surface area (Å²) in [6.45, 7) is 0. The molecule has 0 unspecified atom stereocenters. The van der Waals surface area contributed by atoms with Crippen molar-refractivity contribution in [2.24, 2.45) is 0 Å². The quantitative estimate of drug-likeness (QED) is 0.176. The van der Waals surface area contributed by atoms with Crippen LogP contribution in [0, 0.1) is 0 Å². The minimum Gasteiger partial charge on any atom is -0.434 e. The minimum atomic E-state index is 0.580. The lowest BCUT2D eigenvalue weighted by Gasteiger charge is -2.30. The van der Waals surface area contributed by atoms with Crippen LogP contribution < -0.4 is 9.80 Å². The van der Waals surface area contributed by atoms with E-state index in [-0.39, 0.29) is 0 Å². The predicted octanol–water partition coefficient (Wildman–Crippen LogP) is 12.7. The van der Waals surface area contributed by atoms with Gasteiger partial charge in [-0.3, -0.25) is 0 Å². The Morgan fingerprint density at radius 1 is 0.388 bits per heavy atom. The molecule has 0 aliphatic heterocycles. The van der Waals surface area contributed by atoms with Crippen molar-refractivity contribution in [1.29, 1.82) is 0 Å². The van der Waals surface area contributed by atoms with Gasteiger partial charge in [0.05, 0.1) is 17.1 Å². The summed E-state index contributed by atoms with van der Waals surface area (Å²) in [5, 5.41) is 4.69. The standard InChI is InChI=1S/C45H31N3O/c1-4-17-34(18-5-1)45-46-41-30-39(47(36-21-6-2-7-22-36)38-28-27-32-15-10-11-19-35(32)29-38)31-43(44(41)49-45)48(37-23-8-3-9-24-37)42-26-14-20-33-16-12-13-25-40(33)42/h1-31H. The van der Waals surface area contributed by atoms with E-state index in [2.05, 4.69) is 168 Å². The van der Waals surface area contributed by atoms with Gasteiger partial charge in [0.2, 0.25) is 5.89 Å². The molecule has 0 aliphatic carbocycles. The molecule has 0 atom stereocenters. The van der Waals surface area contributed by atoms with Gasteiger partial charge in [0.25, 0.3) is 0 Å². The first kappa shape index (κ1) is 28.6. The van der Waals surface area contributed by atoms with E-state index >= 15 is 0 Å². The molecule has 9 rings (SSSR count). The van der Waals surface area contributed by atoms with E-state index in [1.165, 1.54) is 10.8 Å². The van der Waals surface area contributed by atoms with Crippen molar-refractivity contribution in [2.75, 3.05) is 9.80 Å². The van der Waals surface area contributed by atoms with Gasteiger partial charge >= 0.3 is 0 Å². The molecule has 1 aromatic heterocycles. The van der Waals surface area contributed by atoms with E-state index in [0.29, 0.717) is 11.5 Å². The van der Waals surface area contributed by atoms with Crippen LogP contribution in [0.4, 0.5) is 34.1 Å². The molecule has 8 aromatic carbocycles. The molecule has 49 heavy (non-hydrogen) atoms. The molecule has 0 fully saturated rings. The highest BCUT2D eigenvalue weighted by Gasteiger charge is 2.25. The van der Waals surface area contributed by atoms with Crippen molar-refractivity contribution in [3.05, 3.63) is 188 Å². The molecule has 4 nitrogen and oxygen atoms in total. The minimum absolute atomic E-state index is 0.580. The van der Waals surface area contributed by atoms with Gasteiger partial charge in [0, 0.05) is 28.0 Å². The van der Waals surface area contributed by atoms with E-state index in [1.54, 1.807) is 0 Å². The normalized spacial score (nSPS) is 11.3. The van der Waals surface area contributed by atoms with Gasteiger partial charge < -0.3 is 14.2 Å². The summed E-state index contributed by atoms with van der Waals surface area (Å²) in [6.07, 6.45) is 0. The Balaban J connectivity index is 1.36. The van der Waals surface area contributed by atoms with Crippen LogP contribution in [0.5, 0.6) is 0 Å². The van der Waals surface area contributed by atoms with Gasteiger partial charge in [0.15, 0.2) is 5.58 Å². The average molecular weight is 630 g/mol. The van der Waals surface area contributed by atoms with Gasteiger partial charge in [-0.1, -0.05) is 121 Å². The summed E-state index contributed by atoms with van der Waals surface area (Å²) in [4.78, 5) is 9.74. The van der Waals surface area contributed by atoms with Crippen LogP contribution in [-0.2, 0) is 0 Å². The number of aromatic nitrogens is 1. The Labute approximate surface area is 284 Å². The molecular formula is C45H31N3O. The number of rotatable bonds is 7. The number of anilines is 6. The lowest BCUT2D eigenvalue weighted by atomic mass is 10.1. The fourth-order valence-electron chi connectivity index (χ4n) is 6.73. The third-order valence-electron chi connectivity index (χ3n) is 9.00. The van der Waals surface area contributed by atoms with Crippen LogP contribution >= 0.6 is 0 Å².